The Bertz CT molecular complexity index is 607. The molecule has 0 radical (unpaired) electrons. The highest BCUT2D eigenvalue weighted by Crippen LogP contribution is 2.76. The number of halogens is 1. The lowest BCUT2D eigenvalue weighted by atomic mass is 9.95. The van der Waals surface area contributed by atoms with Crippen molar-refractivity contribution in [1.29, 1.82) is 0 Å². The zero-order valence-corrected chi connectivity index (χ0v) is 13.1. The van der Waals surface area contributed by atoms with Gasteiger partial charge in [-0.3, -0.25) is 4.79 Å². The maximum Gasteiger partial charge on any atom is 0.229 e. The zero-order valence-electron chi connectivity index (χ0n) is 11.5. The molecule has 4 heteroatoms. The third kappa shape index (κ3) is 1.73. The number of rotatable bonds is 1. The molecule has 2 aliphatic carbocycles. The van der Waals surface area contributed by atoms with Crippen LogP contribution in [0.4, 0.5) is 0 Å². The van der Waals surface area contributed by atoms with Gasteiger partial charge in [0.05, 0.1) is 9.89 Å². The number of carbonyl (C=O) groups is 1. The Morgan fingerprint density at radius 1 is 1.45 bits per heavy atom. The summed E-state index contributed by atoms with van der Waals surface area (Å²) >= 11 is 3.38. The second-order valence-corrected chi connectivity index (χ2v) is 7.52. The molecule has 1 aromatic rings. The molecule has 4 rings (SSSR count). The van der Waals surface area contributed by atoms with Gasteiger partial charge < -0.3 is 10.0 Å². The van der Waals surface area contributed by atoms with E-state index >= 15 is 0 Å². The third-order valence-electron chi connectivity index (χ3n) is 5.28. The number of phenolic OH excluding ortho intramolecular Hbond substituents is 1. The maximum absolute atomic E-state index is 12.6. The predicted molar refractivity (Wildman–Crippen MR) is 79.7 cm³/mol. The van der Waals surface area contributed by atoms with E-state index in [1.54, 1.807) is 0 Å². The van der Waals surface area contributed by atoms with E-state index in [9.17, 15) is 9.90 Å². The van der Waals surface area contributed by atoms with Crippen LogP contribution in [0.1, 0.15) is 36.8 Å². The molecule has 2 saturated carbocycles. The van der Waals surface area contributed by atoms with Gasteiger partial charge in [0.25, 0.3) is 0 Å². The molecule has 1 amide bonds. The van der Waals surface area contributed by atoms with Gasteiger partial charge in [0, 0.05) is 13.1 Å². The van der Waals surface area contributed by atoms with E-state index in [1.165, 1.54) is 11.1 Å². The smallest absolute Gasteiger partial charge is 0.229 e. The standard InChI is InChI=1S/C16H18BrNO2/c1-9-8-18(15(20)16-6-11(16)7-16)3-2-10-4-13(17)14(19)5-12(9)10/h4-5,9,11,19H,2-3,6-8H2,1H3. The van der Waals surface area contributed by atoms with Gasteiger partial charge >= 0.3 is 0 Å². The van der Waals surface area contributed by atoms with Crippen LogP contribution in [0.5, 0.6) is 5.75 Å². The van der Waals surface area contributed by atoms with Gasteiger partial charge in [0.2, 0.25) is 5.91 Å². The Hall–Kier alpha value is -1.03. The number of hydrogen-bond donors (Lipinski definition) is 1. The molecule has 1 atom stereocenters. The third-order valence-corrected chi connectivity index (χ3v) is 5.92. The van der Waals surface area contributed by atoms with Crippen LogP contribution in [-0.4, -0.2) is 29.0 Å². The first-order valence-corrected chi connectivity index (χ1v) is 8.11. The highest BCUT2D eigenvalue weighted by Gasteiger charge is 2.75. The van der Waals surface area contributed by atoms with Crippen LogP contribution in [0.2, 0.25) is 0 Å². The van der Waals surface area contributed by atoms with Gasteiger partial charge in [0.1, 0.15) is 5.75 Å². The van der Waals surface area contributed by atoms with Crippen LogP contribution in [-0.2, 0) is 11.2 Å². The molecule has 1 aromatic carbocycles. The van der Waals surface area contributed by atoms with Gasteiger partial charge in [-0.1, -0.05) is 6.92 Å². The van der Waals surface area contributed by atoms with Crippen molar-refractivity contribution in [2.24, 2.45) is 11.3 Å². The van der Waals surface area contributed by atoms with Crippen molar-refractivity contribution in [2.75, 3.05) is 13.1 Å². The Morgan fingerprint density at radius 3 is 2.80 bits per heavy atom. The number of amides is 1. The molecule has 3 aliphatic rings. The molecule has 106 valence electrons. The van der Waals surface area contributed by atoms with Gasteiger partial charge in [-0.25, -0.2) is 0 Å². The van der Waals surface area contributed by atoms with Crippen molar-refractivity contribution in [3.8, 4) is 5.75 Å². The molecule has 1 N–H and O–H groups in total. The first-order valence-electron chi connectivity index (χ1n) is 7.32. The number of phenols is 1. The number of carbonyl (C=O) groups excluding carboxylic acids is 1. The van der Waals surface area contributed by atoms with Crippen molar-refractivity contribution in [2.45, 2.75) is 32.1 Å². The maximum atomic E-state index is 12.6. The normalized spacial score (nSPS) is 34.0. The Labute approximate surface area is 127 Å². The second kappa shape index (κ2) is 4.00. The summed E-state index contributed by atoms with van der Waals surface area (Å²) in [5.74, 6) is 1.65. The Balaban J connectivity index is 1.61. The van der Waals surface area contributed by atoms with E-state index in [0.717, 1.165) is 36.8 Å². The average molecular weight is 336 g/mol. The van der Waals surface area contributed by atoms with Crippen molar-refractivity contribution < 1.29 is 9.90 Å². The minimum Gasteiger partial charge on any atom is -0.507 e. The summed E-state index contributed by atoms with van der Waals surface area (Å²) in [6.07, 6.45) is 3.12. The predicted octanol–water partition coefficient (Wildman–Crippen LogP) is 3.05. The first-order chi connectivity index (χ1) is 9.51. The summed E-state index contributed by atoms with van der Waals surface area (Å²) in [6.45, 7) is 3.73. The van der Waals surface area contributed by atoms with Crippen LogP contribution in [0.25, 0.3) is 0 Å². The lowest BCUT2D eigenvalue weighted by molar-refractivity contribution is -0.134. The summed E-state index contributed by atoms with van der Waals surface area (Å²) in [4.78, 5) is 14.6. The molecule has 0 aromatic heterocycles. The van der Waals surface area contributed by atoms with Crippen LogP contribution in [0.3, 0.4) is 0 Å². The quantitative estimate of drug-likeness (QED) is 0.856. The molecule has 20 heavy (non-hydrogen) atoms. The van der Waals surface area contributed by atoms with E-state index in [0.29, 0.717) is 17.6 Å². The lowest BCUT2D eigenvalue weighted by Crippen LogP contribution is -2.37. The van der Waals surface area contributed by atoms with Gasteiger partial charge in [-0.2, -0.15) is 0 Å². The second-order valence-electron chi connectivity index (χ2n) is 6.67. The Morgan fingerprint density at radius 2 is 2.15 bits per heavy atom. The summed E-state index contributed by atoms with van der Waals surface area (Å²) in [7, 11) is 0. The highest BCUT2D eigenvalue weighted by atomic mass is 79.9. The molecule has 3 nitrogen and oxygen atoms in total. The molecule has 1 unspecified atom stereocenters. The van der Waals surface area contributed by atoms with Crippen molar-refractivity contribution in [1.82, 2.24) is 4.90 Å². The number of benzene rings is 1. The van der Waals surface area contributed by atoms with Crippen LogP contribution < -0.4 is 0 Å². The SMILES string of the molecule is CC1CN(C(=O)C23CC2C3)CCc2cc(Br)c(O)cc21. The molecular formula is C16H18BrNO2. The molecule has 0 bridgehead atoms. The summed E-state index contributed by atoms with van der Waals surface area (Å²) in [5.41, 5.74) is 2.50. The highest BCUT2D eigenvalue weighted by molar-refractivity contribution is 9.10. The fourth-order valence-corrected chi connectivity index (χ4v) is 4.01. The Kier molecular flexibility index (Phi) is 2.54. The van der Waals surface area contributed by atoms with Crippen molar-refractivity contribution in [3.63, 3.8) is 0 Å². The van der Waals surface area contributed by atoms with Gasteiger partial charge in [-0.15, -0.1) is 0 Å². The summed E-state index contributed by atoms with van der Waals surface area (Å²) in [6, 6.07) is 3.86. The van der Waals surface area contributed by atoms with E-state index in [2.05, 4.69) is 27.8 Å². The number of aromatic hydroxyl groups is 1. The summed E-state index contributed by atoms with van der Waals surface area (Å²) < 4.78 is 0.742. The molecule has 2 fully saturated rings. The van der Waals surface area contributed by atoms with E-state index in [1.807, 2.05) is 12.1 Å². The molecule has 0 saturated heterocycles. The van der Waals surface area contributed by atoms with Gasteiger partial charge in [0.15, 0.2) is 0 Å². The van der Waals surface area contributed by atoms with E-state index in [4.69, 9.17) is 0 Å². The fourth-order valence-electron chi connectivity index (χ4n) is 3.62. The monoisotopic (exact) mass is 335 g/mol. The largest absolute Gasteiger partial charge is 0.507 e. The molecule has 0 spiro atoms. The van der Waals surface area contributed by atoms with Gasteiger partial charge in [-0.05, 0) is 70.3 Å². The van der Waals surface area contributed by atoms with Crippen molar-refractivity contribution in [3.05, 3.63) is 27.7 Å². The number of nitrogens with zero attached hydrogens (tertiary/aromatic N) is 1. The number of fused-ring (bicyclic) bond motifs is 2. The topological polar surface area (TPSA) is 40.5 Å². The number of hydrogen-bond acceptors (Lipinski definition) is 2. The van der Waals surface area contributed by atoms with E-state index in [-0.39, 0.29) is 11.3 Å². The van der Waals surface area contributed by atoms with Crippen LogP contribution in [0.15, 0.2) is 16.6 Å². The average Bonchev–Trinajstić information content (AvgIpc) is 3.24. The van der Waals surface area contributed by atoms with E-state index < -0.39 is 0 Å². The lowest BCUT2D eigenvalue weighted by Gasteiger charge is -2.24. The summed E-state index contributed by atoms with van der Waals surface area (Å²) in [5, 5.41) is 9.88. The van der Waals surface area contributed by atoms with Crippen molar-refractivity contribution >= 4 is 21.8 Å². The zero-order chi connectivity index (χ0) is 14.1. The minimum absolute atomic E-state index is 0.0684. The van der Waals surface area contributed by atoms with Crippen LogP contribution in [0, 0.1) is 11.3 Å². The minimum atomic E-state index is 0.0684. The molecule has 1 aliphatic heterocycles. The van der Waals surface area contributed by atoms with Crippen LogP contribution >= 0.6 is 15.9 Å². The molecular weight excluding hydrogens is 318 g/mol. The fraction of sp³-hybridized carbons (Fsp3) is 0.562. The first kappa shape index (κ1) is 12.7. The molecule has 1 heterocycles.